The molecule has 1 aromatic heterocycles. The van der Waals surface area contributed by atoms with Crippen LogP contribution >= 0.6 is 11.3 Å². The first-order valence-corrected chi connectivity index (χ1v) is 11.7. The molecule has 0 spiro atoms. The monoisotopic (exact) mass is 469 g/mol. The largest absolute Gasteiger partial charge is 0.323 e. The van der Waals surface area contributed by atoms with Gasteiger partial charge in [0, 0.05) is 23.3 Å². The maximum Gasteiger partial charge on any atom is 0.239 e. The molecule has 32 heavy (non-hydrogen) atoms. The maximum absolute atomic E-state index is 8.49. The van der Waals surface area contributed by atoms with Crippen molar-refractivity contribution in [3.8, 4) is 32.0 Å². The lowest BCUT2D eigenvalue weighted by Gasteiger charge is -2.17. The van der Waals surface area contributed by atoms with E-state index in [9.17, 15) is 0 Å². The minimum absolute atomic E-state index is 1.25. The second-order valence-electron chi connectivity index (χ2n) is 6.55. The number of nitrogens with one attached hydrogen (secondary N) is 1. The molecule has 0 aliphatic rings. The summed E-state index contributed by atoms with van der Waals surface area (Å²) in [6, 6.07) is 36.4. The van der Waals surface area contributed by atoms with Gasteiger partial charge in [-0.15, -0.1) is 10.2 Å². The Balaban J connectivity index is 0.000000395. The third kappa shape index (κ3) is 9.21. The lowest BCUT2D eigenvalue weighted by Crippen LogP contribution is -2.68. The van der Waals surface area contributed by atoms with Gasteiger partial charge in [-0.05, 0) is 49.5 Å². The summed E-state index contributed by atoms with van der Waals surface area (Å²) in [5.74, 6) is 0. The third-order valence-electron chi connectivity index (χ3n) is 4.02. The van der Waals surface area contributed by atoms with E-state index in [0.29, 0.717) is 0 Å². The van der Waals surface area contributed by atoms with E-state index in [4.69, 9.17) is 18.6 Å². The second-order valence-corrected chi connectivity index (χ2v) is 8.39. The van der Waals surface area contributed by atoms with Gasteiger partial charge >= 0.3 is 0 Å². The predicted molar refractivity (Wildman–Crippen MR) is 120 cm³/mol. The Labute approximate surface area is 194 Å². The van der Waals surface area contributed by atoms with Gasteiger partial charge in [-0.1, -0.05) is 66.7 Å². The molecule has 5 nitrogen and oxygen atoms in total. The quantitative estimate of drug-likeness (QED) is 0.463. The van der Waals surface area contributed by atoms with E-state index in [1.807, 2.05) is 25.4 Å². The van der Waals surface area contributed by atoms with Crippen LogP contribution < -0.4 is 24.0 Å². The Hall–Kier alpha value is -2.68. The molecule has 0 unspecified atom stereocenters. The van der Waals surface area contributed by atoms with Crippen LogP contribution in [0.5, 0.6) is 0 Å². The number of rotatable bonds is 3. The molecule has 1 heterocycles. The van der Waals surface area contributed by atoms with E-state index in [0.717, 1.165) is 0 Å². The number of hydrogen-bond donors (Lipinski definition) is 1. The van der Waals surface area contributed by atoms with Crippen LogP contribution in [0.25, 0.3) is 32.0 Å². The third-order valence-corrected chi connectivity index (χ3v) is 5.16. The molecule has 0 radical (unpaired) electrons. The lowest BCUT2D eigenvalue weighted by atomic mass is 10.0. The molecule has 0 saturated carbocycles. The van der Waals surface area contributed by atoms with Crippen LogP contribution in [0.4, 0.5) is 0 Å². The molecule has 3 aromatic carbocycles. The first kappa shape index (κ1) is 25.6. The fraction of sp³-hybridized carbons (Fsp3) is 0.0800. The van der Waals surface area contributed by atoms with Crippen molar-refractivity contribution in [1.29, 1.82) is 0 Å². The smallest absolute Gasteiger partial charge is 0.239 e. The van der Waals surface area contributed by atoms with Gasteiger partial charge < -0.3 is 5.32 Å². The highest BCUT2D eigenvalue weighted by molar-refractivity contribution is 7.18. The molecule has 1 N–H and O–H groups in total. The molecule has 4 aromatic rings. The van der Waals surface area contributed by atoms with Crippen LogP contribution in [-0.4, -0.2) is 14.1 Å². The Bertz CT molecular complexity index is 914. The van der Waals surface area contributed by atoms with Gasteiger partial charge in [0.2, 0.25) is 21.1 Å². The van der Waals surface area contributed by atoms with E-state index < -0.39 is 10.2 Å². The molecule has 0 amide bonds. The van der Waals surface area contributed by atoms with Crippen LogP contribution in [-0.2, 0) is 0 Å². The fourth-order valence-corrected chi connectivity index (χ4v) is 3.90. The highest BCUT2D eigenvalue weighted by Gasteiger charge is 2.18. The molecule has 0 atom stereocenters. The average molecular weight is 470 g/mol. The summed E-state index contributed by atoms with van der Waals surface area (Å²) in [5, 5.41) is 2.75. The minimum atomic E-state index is -4.94. The van der Waals surface area contributed by atoms with Crippen molar-refractivity contribution in [3.05, 3.63) is 103 Å². The molecule has 7 heteroatoms. The van der Waals surface area contributed by atoms with E-state index >= 15 is 0 Å². The summed E-state index contributed by atoms with van der Waals surface area (Å²) in [4.78, 5) is 2.58. The summed E-state index contributed by atoms with van der Waals surface area (Å²) >= 11 is 1.84. The fourth-order valence-electron chi connectivity index (χ4n) is 2.79. The van der Waals surface area contributed by atoms with Gasteiger partial charge in [0.15, 0.2) is 0 Å². The summed E-state index contributed by atoms with van der Waals surface area (Å²) in [7, 11) is -1.19. The van der Waals surface area contributed by atoms with Crippen LogP contribution in [0.2, 0.25) is 0 Å². The molecule has 0 bridgehead atoms. The van der Waals surface area contributed by atoms with Gasteiger partial charge in [-0.25, -0.2) is 18.6 Å². The molecule has 0 fully saturated rings. The van der Waals surface area contributed by atoms with Gasteiger partial charge in [-0.3, -0.25) is 0 Å². The summed E-state index contributed by atoms with van der Waals surface area (Å²) in [5.41, 5.74) is 5.03. The summed E-state index contributed by atoms with van der Waals surface area (Å²) in [6.07, 6.45) is 0. The first-order valence-electron chi connectivity index (χ1n) is 9.66. The molecule has 0 aliphatic heterocycles. The average Bonchev–Trinajstić information content (AvgIpc) is 2.80. The van der Waals surface area contributed by atoms with Crippen molar-refractivity contribution in [1.82, 2.24) is 5.32 Å². The number of hydrogen-bond acceptors (Lipinski definition) is 5. The Morgan fingerprint density at radius 3 is 1.12 bits per heavy atom. The number of halogens is 1. The van der Waals surface area contributed by atoms with Crippen LogP contribution in [0.1, 0.15) is 0 Å². The van der Waals surface area contributed by atoms with Crippen molar-refractivity contribution in [3.63, 3.8) is 0 Å². The van der Waals surface area contributed by atoms with E-state index in [1.54, 1.807) is 0 Å². The van der Waals surface area contributed by atoms with Gasteiger partial charge in [0.05, 0.1) is 0 Å². The van der Waals surface area contributed by atoms with Crippen LogP contribution in [0, 0.1) is 10.2 Å². The first-order chi connectivity index (χ1) is 15.3. The SMILES string of the molecule is CNC.[O-][Cl+3]([O-])([O-])[O-].c1ccc(-c2cc(-c3ccccc3)[s+]c(-c3ccccc3)c2)cc1. The van der Waals surface area contributed by atoms with Gasteiger partial charge in [0.1, 0.15) is 0 Å². The molecule has 0 aliphatic carbocycles. The van der Waals surface area contributed by atoms with Gasteiger partial charge in [0.25, 0.3) is 0 Å². The molecular weight excluding hydrogens is 446 g/mol. The van der Waals surface area contributed by atoms with E-state index in [-0.39, 0.29) is 0 Å². The van der Waals surface area contributed by atoms with E-state index in [2.05, 4.69) is 108 Å². The van der Waals surface area contributed by atoms with Crippen molar-refractivity contribution >= 4 is 11.3 Å². The number of benzene rings is 3. The van der Waals surface area contributed by atoms with Crippen molar-refractivity contribution in [2.45, 2.75) is 0 Å². The maximum atomic E-state index is 8.49. The summed E-state index contributed by atoms with van der Waals surface area (Å²) < 4.78 is 34.0. The zero-order valence-electron chi connectivity index (χ0n) is 17.7. The lowest BCUT2D eigenvalue weighted by molar-refractivity contribution is -2.00. The zero-order chi connectivity index (χ0) is 23.4. The Morgan fingerprint density at radius 2 is 0.812 bits per heavy atom. The van der Waals surface area contributed by atoms with Crippen molar-refractivity contribution in [2.75, 3.05) is 14.1 Å². The second kappa shape index (κ2) is 13.0. The molecule has 0 saturated heterocycles. The van der Waals surface area contributed by atoms with Crippen molar-refractivity contribution < 1.29 is 28.9 Å². The Morgan fingerprint density at radius 1 is 0.531 bits per heavy atom. The zero-order valence-corrected chi connectivity index (χ0v) is 19.3. The normalized spacial score (nSPS) is 10.3. The molecule has 4 rings (SSSR count). The minimum Gasteiger partial charge on any atom is -0.323 e. The highest BCUT2D eigenvalue weighted by atomic mass is 35.7. The predicted octanol–water partition coefficient (Wildman–Crippen LogP) is 2.11. The summed E-state index contributed by atoms with van der Waals surface area (Å²) in [6.45, 7) is 0. The van der Waals surface area contributed by atoms with E-state index in [1.165, 1.54) is 32.0 Å². The van der Waals surface area contributed by atoms with Gasteiger partial charge in [-0.2, -0.15) is 0 Å². The standard InChI is InChI=1S/C23H17S.C2H7N.ClHO4/c1-4-10-18(11-5-1)21-16-22(19-12-6-2-7-13-19)24-23(17-21)20-14-8-3-9-15-20;1-3-2;2-1(3,4)5/h1-17H;3H,1-2H3;(H,2,3,4,5)/q+1;;/p-1. The van der Waals surface area contributed by atoms with Crippen molar-refractivity contribution in [2.24, 2.45) is 0 Å². The van der Waals surface area contributed by atoms with Crippen LogP contribution in [0.3, 0.4) is 0 Å². The molecule has 166 valence electrons. The highest BCUT2D eigenvalue weighted by Crippen LogP contribution is 2.37. The Kier molecular flexibility index (Phi) is 10.4. The topological polar surface area (TPSA) is 104 Å². The van der Waals surface area contributed by atoms with Crippen LogP contribution in [0.15, 0.2) is 103 Å². The molecular formula is C25H24ClNO4S.